The molecule has 1 aromatic carbocycles. The SMILES string of the molecule is Cc1ccc(S)cc1C(=O)N(C)CC1CCOCC1. The summed E-state index contributed by atoms with van der Waals surface area (Å²) in [6.45, 7) is 4.40. The van der Waals surface area contributed by atoms with Crippen LogP contribution in [0, 0.1) is 12.8 Å². The van der Waals surface area contributed by atoms with Crippen LogP contribution < -0.4 is 0 Å². The maximum Gasteiger partial charge on any atom is 0.253 e. The van der Waals surface area contributed by atoms with E-state index in [9.17, 15) is 4.79 Å². The third kappa shape index (κ3) is 3.74. The number of carbonyl (C=O) groups is 1. The summed E-state index contributed by atoms with van der Waals surface area (Å²) >= 11 is 4.31. The molecule has 1 amide bonds. The Bertz CT molecular complexity index is 455. The zero-order valence-corrected chi connectivity index (χ0v) is 12.5. The first-order chi connectivity index (χ1) is 9.08. The fourth-order valence-corrected chi connectivity index (χ4v) is 2.65. The molecule has 2 rings (SSSR count). The van der Waals surface area contributed by atoms with Crippen molar-refractivity contribution in [2.24, 2.45) is 5.92 Å². The third-order valence-corrected chi connectivity index (χ3v) is 3.95. The van der Waals surface area contributed by atoms with Crippen molar-refractivity contribution in [3.05, 3.63) is 29.3 Å². The number of hydrogen-bond donors (Lipinski definition) is 1. The number of nitrogens with zero attached hydrogens (tertiary/aromatic N) is 1. The van der Waals surface area contributed by atoms with E-state index in [1.165, 1.54) is 0 Å². The van der Waals surface area contributed by atoms with Gasteiger partial charge in [-0.15, -0.1) is 12.6 Å². The van der Waals surface area contributed by atoms with Gasteiger partial charge < -0.3 is 9.64 Å². The highest BCUT2D eigenvalue weighted by Crippen LogP contribution is 2.19. The number of rotatable bonds is 3. The Labute approximate surface area is 120 Å². The summed E-state index contributed by atoms with van der Waals surface area (Å²) in [5, 5.41) is 0. The van der Waals surface area contributed by atoms with Crippen LogP contribution in [0.3, 0.4) is 0 Å². The minimum Gasteiger partial charge on any atom is -0.381 e. The lowest BCUT2D eigenvalue weighted by Crippen LogP contribution is -2.34. The van der Waals surface area contributed by atoms with Crippen molar-refractivity contribution in [1.82, 2.24) is 4.90 Å². The molecule has 0 N–H and O–H groups in total. The molecular weight excluding hydrogens is 258 g/mol. The van der Waals surface area contributed by atoms with Gasteiger partial charge in [0.15, 0.2) is 0 Å². The number of benzene rings is 1. The van der Waals surface area contributed by atoms with Crippen molar-refractivity contribution in [3.63, 3.8) is 0 Å². The van der Waals surface area contributed by atoms with Crippen LogP contribution >= 0.6 is 12.6 Å². The standard InChI is InChI=1S/C15H21NO2S/c1-11-3-4-13(19)9-14(11)15(17)16(2)10-12-5-7-18-8-6-12/h3-4,9,12,19H,5-8,10H2,1-2H3. The van der Waals surface area contributed by atoms with Gasteiger partial charge in [-0.3, -0.25) is 4.79 Å². The number of ether oxygens (including phenoxy) is 1. The lowest BCUT2D eigenvalue weighted by molar-refractivity contribution is 0.0497. The van der Waals surface area contributed by atoms with E-state index < -0.39 is 0 Å². The minimum absolute atomic E-state index is 0.0832. The maximum atomic E-state index is 12.5. The first-order valence-electron chi connectivity index (χ1n) is 6.70. The van der Waals surface area contributed by atoms with Crippen molar-refractivity contribution in [2.45, 2.75) is 24.7 Å². The highest BCUT2D eigenvalue weighted by molar-refractivity contribution is 7.80. The predicted molar refractivity (Wildman–Crippen MR) is 78.9 cm³/mol. The van der Waals surface area contributed by atoms with Gasteiger partial charge in [0.05, 0.1) is 0 Å². The third-order valence-electron chi connectivity index (χ3n) is 3.67. The van der Waals surface area contributed by atoms with Crippen LogP contribution in [0.4, 0.5) is 0 Å². The summed E-state index contributed by atoms with van der Waals surface area (Å²) in [4.78, 5) is 15.1. The highest BCUT2D eigenvalue weighted by atomic mass is 32.1. The van der Waals surface area contributed by atoms with Gasteiger partial charge in [0.2, 0.25) is 0 Å². The maximum absolute atomic E-state index is 12.5. The topological polar surface area (TPSA) is 29.5 Å². The Morgan fingerprint density at radius 2 is 2.11 bits per heavy atom. The smallest absolute Gasteiger partial charge is 0.253 e. The van der Waals surface area contributed by atoms with Crippen LogP contribution in [0.1, 0.15) is 28.8 Å². The molecule has 19 heavy (non-hydrogen) atoms. The molecule has 1 fully saturated rings. The second-order valence-corrected chi connectivity index (χ2v) is 5.76. The lowest BCUT2D eigenvalue weighted by atomic mass is 9.99. The fraction of sp³-hybridized carbons (Fsp3) is 0.533. The van der Waals surface area contributed by atoms with Crippen molar-refractivity contribution >= 4 is 18.5 Å². The van der Waals surface area contributed by atoms with Gasteiger partial charge in [0, 0.05) is 37.3 Å². The van der Waals surface area contributed by atoms with Crippen LogP contribution in [0.2, 0.25) is 0 Å². The summed E-state index contributed by atoms with van der Waals surface area (Å²) in [6.07, 6.45) is 2.09. The molecule has 0 unspecified atom stereocenters. The Kier molecular flexibility index (Phi) is 4.88. The van der Waals surface area contributed by atoms with Crippen molar-refractivity contribution < 1.29 is 9.53 Å². The average Bonchev–Trinajstić information content (AvgIpc) is 2.42. The molecule has 0 spiro atoms. The van der Waals surface area contributed by atoms with Crippen molar-refractivity contribution in [3.8, 4) is 0 Å². The molecule has 0 aromatic heterocycles. The van der Waals surface area contributed by atoms with Gasteiger partial charge in [0.1, 0.15) is 0 Å². The molecule has 0 aliphatic carbocycles. The van der Waals surface area contributed by atoms with Gasteiger partial charge in [-0.05, 0) is 43.4 Å². The molecule has 0 atom stereocenters. The molecule has 1 aliphatic heterocycles. The van der Waals surface area contributed by atoms with Crippen molar-refractivity contribution in [2.75, 3.05) is 26.8 Å². The van der Waals surface area contributed by atoms with E-state index in [1.807, 2.05) is 37.1 Å². The number of thiol groups is 1. The lowest BCUT2D eigenvalue weighted by Gasteiger charge is -2.27. The second-order valence-electron chi connectivity index (χ2n) is 5.24. The average molecular weight is 279 g/mol. The van der Waals surface area contributed by atoms with Crippen molar-refractivity contribution in [1.29, 1.82) is 0 Å². The number of amides is 1. The molecule has 3 nitrogen and oxygen atoms in total. The largest absolute Gasteiger partial charge is 0.381 e. The van der Waals surface area contributed by atoms with E-state index in [4.69, 9.17) is 4.74 Å². The first kappa shape index (κ1) is 14.4. The molecule has 1 saturated heterocycles. The molecule has 1 heterocycles. The summed E-state index contributed by atoms with van der Waals surface area (Å²) in [7, 11) is 1.88. The van der Waals surface area contributed by atoms with E-state index in [0.29, 0.717) is 5.92 Å². The Morgan fingerprint density at radius 3 is 2.79 bits per heavy atom. The zero-order chi connectivity index (χ0) is 13.8. The number of aryl methyl sites for hydroxylation is 1. The van der Waals surface area contributed by atoms with E-state index in [1.54, 1.807) is 0 Å². The van der Waals surface area contributed by atoms with Crippen LogP contribution in [0.25, 0.3) is 0 Å². The Balaban J connectivity index is 2.03. The zero-order valence-electron chi connectivity index (χ0n) is 11.6. The summed E-state index contributed by atoms with van der Waals surface area (Å²) in [5.41, 5.74) is 1.75. The summed E-state index contributed by atoms with van der Waals surface area (Å²) in [5.74, 6) is 0.641. The molecule has 0 radical (unpaired) electrons. The Hall–Kier alpha value is -1.00. The predicted octanol–water partition coefficient (Wildman–Crippen LogP) is 2.78. The quantitative estimate of drug-likeness (QED) is 0.862. The molecule has 4 heteroatoms. The fourth-order valence-electron chi connectivity index (χ4n) is 2.45. The van der Waals surface area contributed by atoms with Crippen LogP contribution in [-0.4, -0.2) is 37.6 Å². The monoisotopic (exact) mass is 279 g/mol. The van der Waals surface area contributed by atoms with Crippen LogP contribution in [-0.2, 0) is 4.74 Å². The summed E-state index contributed by atoms with van der Waals surface area (Å²) < 4.78 is 5.35. The number of carbonyl (C=O) groups excluding carboxylic acids is 1. The van der Waals surface area contributed by atoms with E-state index in [2.05, 4.69) is 12.6 Å². The minimum atomic E-state index is 0.0832. The number of hydrogen-bond acceptors (Lipinski definition) is 3. The van der Waals surface area contributed by atoms with Gasteiger partial charge in [-0.2, -0.15) is 0 Å². The normalized spacial score (nSPS) is 16.4. The van der Waals surface area contributed by atoms with Gasteiger partial charge in [-0.25, -0.2) is 0 Å². The second kappa shape index (κ2) is 6.44. The van der Waals surface area contributed by atoms with Crippen LogP contribution in [0.5, 0.6) is 0 Å². The van der Waals surface area contributed by atoms with Gasteiger partial charge in [0.25, 0.3) is 5.91 Å². The van der Waals surface area contributed by atoms with Gasteiger partial charge in [-0.1, -0.05) is 6.07 Å². The molecule has 1 aliphatic rings. The Morgan fingerprint density at radius 1 is 1.42 bits per heavy atom. The molecule has 104 valence electrons. The molecular formula is C15H21NO2S. The highest BCUT2D eigenvalue weighted by Gasteiger charge is 2.20. The molecule has 0 bridgehead atoms. The summed E-state index contributed by atoms with van der Waals surface area (Å²) in [6, 6.07) is 5.70. The van der Waals surface area contributed by atoms with E-state index in [-0.39, 0.29) is 5.91 Å². The first-order valence-corrected chi connectivity index (χ1v) is 7.15. The van der Waals surface area contributed by atoms with Gasteiger partial charge >= 0.3 is 0 Å². The van der Waals surface area contributed by atoms with E-state index >= 15 is 0 Å². The molecule has 0 saturated carbocycles. The van der Waals surface area contributed by atoms with Crippen LogP contribution in [0.15, 0.2) is 23.1 Å². The molecule has 1 aromatic rings. The van der Waals surface area contributed by atoms with E-state index in [0.717, 1.165) is 48.6 Å².